The molecular formula is C16H15N3OS. The number of fused-ring (bicyclic) bond motifs is 1. The molecule has 21 heavy (non-hydrogen) atoms. The van der Waals surface area contributed by atoms with Gasteiger partial charge in [0.2, 0.25) is 0 Å². The number of carbonyl (C=O) groups is 1. The van der Waals surface area contributed by atoms with Gasteiger partial charge in [0.15, 0.2) is 5.13 Å². The van der Waals surface area contributed by atoms with Crippen molar-refractivity contribution >= 4 is 32.6 Å². The lowest BCUT2D eigenvalue weighted by molar-refractivity contribution is 0.0940. The molecule has 0 unspecified atom stereocenters. The van der Waals surface area contributed by atoms with Gasteiger partial charge in [-0.25, -0.2) is 4.98 Å². The highest BCUT2D eigenvalue weighted by atomic mass is 32.1. The van der Waals surface area contributed by atoms with Crippen LogP contribution in [0.1, 0.15) is 28.9 Å². The van der Waals surface area contributed by atoms with E-state index in [0.29, 0.717) is 10.7 Å². The third-order valence-electron chi connectivity index (χ3n) is 3.31. The standard InChI is InChI=1S/C16H15N3OS/c1-10(11-5-3-2-4-6-11)18-15(20)12-7-8-13-14(9-12)21-16(17)19-13/h2-10H,1H3,(H2,17,19)(H,18,20)/t10-/m0/s1. The second-order valence-corrected chi connectivity index (χ2v) is 5.90. The summed E-state index contributed by atoms with van der Waals surface area (Å²) in [4.78, 5) is 16.5. The van der Waals surface area contributed by atoms with Gasteiger partial charge in [-0.15, -0.1) is 0 Å². The molecular weight excluding hydrogens is 282 g/mol. The molecule has 0 saturated carbocycles. The minimum atomic E-state index is -0.0970. The molecule has 0 saturated heterocycles. The first-order valence-corrected chi connectivity index (χ1v) is 7.47. The summed E-state index contributed by atoms with van der Waals surface area (Å²) in [6.07, 6.45) is 0. The summed E-state index contributed by atoms with van der Waals surface area (Å²) in [6, 6.07) is 15.3. The zero-order valence-corrected chi connectivity index (χ0v) is 12.4. The van der Waals surface area contributed by atoms with E-state index in [-0.39, 0.29) is 11.9 Å². The predicted octanol–water partition coefficient (Wildman–Crippen LogP) is 3.37. The van der Waals surface area contributed by atoms with Crippen LogP contribution in [-0.2, 0) is 0 Å². The molecule has 0 spiro atoms. The zero-order chi connectivity index (χ0) is 14.8. The summed E-state index contributed by atoms with van der Waals surface area (Å²) in [5.41, 5.74) is 8.20. The lowest BCUT2D eigenvalue weighted by Gasteiger charge is -2.14. The van der Waals surface area contributed by atoms with Gasteiger partial charge < -0.3 is 11.1 Å². The number of nitrogens with zero attached hydrogens (tertiary/aromatic N) is 1. The molecule has 1 aromatic heterocycles. The third kappa shape index (κ3) is 2.87. The van der Waals surface area contributed by atoms with E-state index < -0.39 is 0 Å². The van der Waals surface area contributed by atoms with Crippen molar-refractivity contribution in [2.45, 2.75) is 13.0 Å². The first-order chi connectivity index (χ1) is 10.1. The summed E-state index contributed by atoms with van der Waals surface area (Å²) in [7, 11) is 0. The molecule has 106 valence electrons. The first-order valence-electron chi connectivity index (χ1n) is 6.65. The van der Waals surface area contributed by atoms with Crippen molar-refractivity contribution in [3.63, 3.8) is 0 Å². The maximum atomic E-state index is 12.3. The molecule has 2 aromatic carbocycles. The Morgan fingerprint density at radius 1 is 1.24 bits per heavy atom. The number of hydrogen-bond donors (Lipinski definition) is 2. The van der Waals surface area contributed by atoms with Crippen molar-refractivity contribution < 1.29 is 4.79 Å². The number of benzene rings is 2. The minimum Gasteiger partial charge on any atom is -0.375 e. The molecule has 0 fully saturated rings. The van der Waals surface area contributed by atoms with Gasteiger partial charge in [-0.3, -0.25) is 4.79 Å². The number of hydrogen-bond acceptors (Lipinski definition) is 4. The molecule has 0 bridgehead atoms. The molecule has 0 aliphatic heterocycles. The molecule has 1 amide bonds. The van der Waals surface area contributed by atoms with Gasteiger partial charge in [0, 0.05) is 5.56 Å². The third-order valence-corrected chi connectivity index (χ3v) is 4.16. The quantitative estimate of drug-likeness (QED) is 0.779. The van der Waals surface area contributed by atoms with Crippen LogP contribution in [0.2, 0.25) is 0 Å². The molecule has 4 nitrogen and oxygen atoms in total. The summed E-state index contributed by atoms with van der Waals surface area (Å²) >= 11 is 1.39. The van der Waals surface area contributed by atoms with Crippen molar-refractivity contribution in [2.24, 2.45) is 0 Å². The van der Waals surface area contributed by atoms with Crippen LogP contribution in [0.4, 0.5) is 5.13 Å². The Morgan fingerprint density at radius 3 is 2.76 bits per heavy atom. The monoisotopic (exact) mass is 297 g/mol. The molecule has 0 aliphatic rings. The molecule has 0 radical (unpaired) electrons. The van der Waals surface area contributed by atoms with Gasteiger partial charge in [-0.2, -0.15) is 0 Å². The average Bonchev–Trinajstić information content (AvgIpc) is 2.87. The highest BCUT2D eigenvalue weighted by molar-refractivity contribution is 7.22. The van der Waals surface area contributed by atoms with E-state index >= 15 is 0 Å². The number of aromatic nitrogens is 1. The normalized spacial score (nSPS) is 12.2. The number of thiazole rings is 1. The van der Waals surface area contributed by atoms with Crippen LogP contribution < -0.4 is 11.1 Å². The topological polar surface area (TPSA) is 68.0 Å². The summed E-state index contributed by atoms with van der Waals surface area (Å²) in [6.45, 7) is 1.97. The van der Waals surface area contributed by atoms with E-state index in [2.05, 4.69) is 10.3 Å². The number of rotatable bonds is 3. The fourth-order valence-corrected chi connectivity index (χ4v) is 2.96. The molecule has 3 rings (SSSR count). The van der Waals surface area contributed by atoms with Gasteiger partial charge in [0.1, 0.15) is 0 Å². The highest BCUT2D eigenvalue weighted by Gasteiger charge is 2.12. The van der Waals surface area contributed by atoms with Gasteiger partial charge in [0.05, 0.1) is 16.3 Å². The van der Waals surface area contributed by atoms with Crippen molar-refractivity contribution in [3.8, 4) is 0 Å². The lowest BCUT2D eigenvalue weighted by atomic mass is 10.1. The van der Waals surface area contributed by atoms with Crippen LogP contribution in [0.15, 0.2) is 48.5 Å². The first kappa shape index (κ1) is 13.6. The van der Waals surface area contributed by atoms with Crippen LogP contribution in [0, 0.1) is 0 Å². The fraction of sp³-hybridized carbons (Fsp3) is 0.125. The molecule has 5 heteroatoms. The second kappa shape index (κ2) is 5.54. The van der Waals surface area contributed by atoms with Gasteiger partial charge in [-0.05, 0) is 30.7 Å². The summed E-state index contributed by atoms with van der Waals surface area (Å²) in [5, 5.41) is 3.51. The SMILES string of the molecule is C[C@H](NC(=O)c1ccc2nc(N)sc2c1)c1ccccc1. The Hall–Kier alpha value is -2.40. The Kier molecular flexibility index (Phi) is 3.58. The van der Waals surface area contributed by atoms with Crippen LogP contribution in [-0.4, -0.2) is 10.9 Å². The number of nitrogen functional groups attached to an aromatic ring is 1. The maximum Gasteiger partial charge on any atom is 0.251 e. The van der Waals surface area contributed by atoms with E-state index in [0.717, 1.165) is 15.8 Å². The molecule has 3 aromatic rings. The second-order valence-electron chi connectivity index (χ2n) is 4.84. The van der Waals surface area contributed by atoms with Gasteiger partial charge in [0.25, 0.3) is 5.91 Å². The maximum absolute atomic E-state index is 12.3. The molecule has 3 N–H and O–H groups in total. The molecule has 1 heterocycles. The highest BCUT2D eigenvalue weighted by Crippen LogP contribution is 2.24. The van der Waals surface area contributed by atoms with E-state index in [4.69, 9.17) is 5.73 Å². The average molecular weight is 297 g/mol. The van der Waals surface area contributed by atoms with Crippen LogP contribution in [0.3, 0.4) is 0 Å². The summed E-state index contributed by atoms with van der Waals surface area (Å²) in [5.74, 6) is -0.0970. The van der Waals surface area contributed by atoms with E-state index in [1.807, 2.05) is 49.4 Å². The number of nitrogens with two attached hydrogens (primary N) is 1. The number of anilines is 1. The Morgan fingerprint density at radius 2 is 2.00 bits per heavy atom. The fourth-order valence-electron chi connectivity index (χ4n) is 2.19. The van der Waals surface area contributed by atoms with E-state index in [1.165, 1.54) is 11.3 Å². The largest absolute Gasteiger partial charge is 0.375 e. The van der Waals surface area contributed by atoms with Gasteiger partial charge >= 0.3 is 0 Å². The number of amides is 1. The predicted molar refractivity (Wildman–Crippen MR) is 86.4 cm³/mol. The number of nitrogens with one attached hydrogen (secondary N) is 1. The summed E-state index contributed by atoms with van der Waals surface area (Å²) < 4.78 is 0.924. The number of carbonyl (C=O) groups excluding carboxylic acids is 1. The molecule has 1 atom stereocenters. The van der Waals surface area contributed by atoms with E-state index in [9.17, 15) is 4.79 Å². The van der Waals surface area contributed by atoms with E-state index in [1.54, 1.807) is 6.07 Å². The van der Waals surface area contributed by atoms with Crippen molar-refractivity contribution in [1.29, 1.82) is 0 Å². The van der Waals surface area contributed by atoms with Crippen molar-refractivity contribution in [3.05, 3.63) is 59.7 Å². The Balaban J connectivity index is 1.80. The van der Waals surface area contributed by atoms with Gasteiger partial charge in [-0.1, -0.05) is 41.7 Å². The van der Waals surface area contributed by atoms with Crippen molar-refractivity contribution in [1.82, 2.24) is 10.3 Å². The Bertz CT molecular complexity index is 783. The Labute approximate surface area is 126 Å². The zero-order valence-electron chi connectivity index (χ0n) is 11.5. The van der Waals surface area contributed by atoms with Crippen molar-refractivity contribution in [2.75, 3.05) is 5.73 Å². The molecule has 0 aliphatic carbocycles. The van der Waals surface area contributed by atoms with Crippen LogP contribution >= 0.6 is 11.3 Å². The lowest BCUT2D eigenvalue weighted by Crippen LogP contribution is -2.26. The minimum absolute atomic E-state index is 0.0408. The van der Waals surface area contributed by atoms with Crippen LogP contribution in [0.5, 0.6) is 0 Å². The van der Waals surface area contributed by atoms with Crippen LogP contribution in [0.25, 0.3) is 10.2 Å². The smallest absolute Gasteiger partial charge is 0.251 e.